The van der Waals surface area contributed by atoms with Gasteiger partial charge >= 0.3 is 12.1 Å². The van der Waals surface area contributed by atoms with Crippen LogP contribution in [0.5, 0.6) is 0 Å². The molecular formula is C27H25BrN2O5. The van der Waals surface area contributed by atoms with E-state index in [1.807, 2.05) is 31.2 Å². The van der Waals surface area contributed by atoms with Gasteiger partial charge in [0, 0.05) is 22.6 Å². The van der Waals surface area contributed by atoms with Crippen molar-refractivity contribution in [2.75, 3.05) is 18.5 Å². The summed E-state index contributed by atoms with van der Waals surface area (Å²) in [4.78, 5) is 36.4. The molecule has 0 fully saturated rings. The standard InChI is InChI=1S/C27H25BrN2O5/c1-2-16(25(31)30-19-12-17(26(32)33)11-18(28)13-19)14-29-27(34)35-15-24-22-9-5-3-7-20(22)21-8-4-6-10-23(21)24/h3-13,16,24H,2,14-15H2,1H3,(H,29,34)(H,30,31)(H,32,33). The first-order chi connectivity index (χ1) is 16.9. The summed E-state index contributed by atoms with van der Waals surface area (Å²) in [6.45, 7) is 2.13. The molecule has 3 N–H and O–H groups in total. The van der Waals surface area contributed by atoms with Crippen LogP contribution in [0.25, 0.3) is 11.1 Å². The molecule has 0 heterocycles. The molecule has 1 atom stereocenters. The van der Waals surface area contributed by atoms with Crippen molar-refractivity contribution >= 4 is 39.6 Å². The molecule has 8 heteroatoms. The fourth-order valence-electron chi connectivity index (χ4n) is 4.31. The summed E-state index contributed by atoms with van der Waals surface area (Å²) in [7, 11) is 0. The molecule has 1 aliphatic rings. The van der Waals surface area contributed by atoms with Gasteiger partial charge in [-0.05, 0) is 46.9 Å². The quantitative estimate of drug-likeness (QED) is 0.345. The van der Waals surface area contributed by atoms with E-state index in [2.05, 4.69) is 50.8 Å². The Kier molecular flexibility index (Phi) is 7.51. The molecule has 0 saturated heterocycles. The minimum absolute atomic E-state index is 0.0432. The molecule has 0 saturated carbocycles. The molecule has 7 nitrogen and oxygen atoms in total. The SMILES string of the molecule is CCC(CNC(=O)OCC1c2ccccc2-c2ccccc21)C(=O)Nc1cc(Br)cc(C(=O)O)c1. The van der Waals surface area contributed by atoms with Gasteiger partial charge in [-0.1, -0.05) is 71.4 Å². The number of hydrogen-bond acceptors (Lipinski definition) is 4. The summed E-state index contributed by atoms with van der Waals surface area (Å²) >= 11 is 3.25. The van der Waals surface area contributed by atoms with Crippen LogP contribution in [0.3, 0.4) is 0 Å². The van der Waals surface area contributed by atoms with Crippen LogP contribution in [-0.2, 0) is 9.53 Å². The van der Waals surface area contributed by atoms with Crippen molar-refractivity contribution in [3.63, 3.8) is 0 Å². The topological polar surface area (TPSA) is 105 Å². The van der Waals surface area contributed by atoms with E-state index >= 15 is 0 Å². The van der Waals surface area contributed by atoms with Crippen LogP contribution in [0.15, 0.2) is 71.2 Å². The van der Waals surface area contributed by atoms with Crippen LogP contribution in [0.4, 0.5) is 10.5 Å². The van der Waals surface area contributed by atoms with E-state index in [1.54, 1.807) is 6.07 Å². The fraction of sp³-hybridized carbons (Fsp3) is 0.222. The summed E-state index contributed by atoms with van der Waals surface area (Å²) in [5, 5.41) is 14.6. The lowest BCUT2D eigenvalue weighted by Gasteiger charge is -2.18. The number of carboxylic acid groups (broad SMARTS) is 1. The molecule has 180 valence electrons. The number of halogens is 1. The van der Waals surface area contributed by atoms with E-state index in [-0.39, 0.29) is 30.5 Å². The normalized spacial score (nSPS) is 12.9. The third-order valence-corrected chi connectivity index (χ3v) is 6.57. The molecule has 1 aliphatic carbocycles. The zero-order valence-electron chi connectivity index (χ0n) is 19.1. The van der Waals surface area contributed by atoms with Crippen LogP contribution >= 0.6 is 15.9 Å². The number of carbonyl (C=O) groups is 3. The van der Waals surface area contributed by atoms with Gasteiger partial charge in [0.05, 0.1) is 11.5 Å². The molecule has 3 aromatic carbocycles. The molecule has 0 aromatic heterocycles. The van der Waals surface area contributed by atoms with Crippen LogP contribution in [0.1, 0.15) is 40.7 Å². The van der Waals surface area contributed by atoms with Gasteiger partial charge < -0.3 is 20.5 Å². The Labute approximate surface area is 211 Å². The highest BCUT2D eigenvalue weighted by molar-refractivity contribution is 9.10. The molecule has 3 aromatic rings. The van der Waals surface area contributed by atoms with Crippen LogP contribution in [-0.4, -0.2) is 36.2 Å². The van der Waals surface area contributed by atoms with Crippen molar-refractivity contribution in [1.29, 1.82) is 0 Å². The molecular weight excluding hydrogens is 512 g/mol. The van der Waals surface area contributed by atoms with Crippen LogP contribution in [0, 0.1) is 5.92 Å². The maximum Gasteiger partial charge on any atom is 0.407 e. The van der Waals surface area contributed by atoms with Crippen molar-refractivity contribution in [2.24, 2.45) is 5.92 Å². The van der Waals surface area contributed by atoms with Crippen molar-refractivity contribution < 1.29 is 24.2 Å². The first-order valence-electron chi connectivity index (χ1n) is 11.3. The van der Waals surface area contributed by atoms with E-state index in [0.717, 1.165) is 22.3 Å². The van der Waals surface area contributed by atoms with Gasteiger partial charge in [-0.3, -0.25) is 4.79 Å². The zero-order chi connectivity index (χ0) is 24.9. The first-order valence-corrected chi connectivity index (χ1v) is 12.1. The third-order valence-electron chi connectivity index (χ3n) is 6.11. The molecule has 0 spiro atoms. The minimum atomic E-state index is -1.09. The predicted octanol–water partition coefficient (Wildman–Crippen LogP) is 5.65. The van der Waals surface area contributed by atoms with E-state index in [1.165, 1.54) is 12.1 Å². The van der Waals surface area contributed by atoms with E-state index in [4.69, 9.17) is 4.74 Å². The largest absolute Gasteiger partial charge is 0.478 e. The predicted molar refractivity (Wildman–Crippen MR) is 137 cm³/mol. The van der Waals surface area contributed by atoms with Crippen LogP contribution < -0.4 is 10.6 Å². The second-order valence-electron chi connectivity index (χ2n) is 8.33. The summed E-state index contributed by atoms with van der Waals surface area (Å²) in [5.41, 5.74) is 4.97. The van der Waals surface area contributed by atoms with Gasteiger partial charge in [0.15, 0.2) is 0 Å². The Bertz CT molecular complexity index is 1230. The second-order valence-corrected chi connectivity index (χ2v) is 9.25. The number of anilines is 1. The lowest BCUT2D eigenvalue weighted by Crippen LogP contribution is -2.36. The first kappa shape index (κ1) is 24.5. The Balaban J connectivity index is 1.33. The van der Waals surface area contributed by atoms with Gasteiger partial charge in [-0.25, -0.2) is 9.59 Å². The number of alkyl carbamates (subject to hydrolysis) is 1. The third kappa shape index (κ3) is 5.54. The summed E-state index contributed by atoms with van der Waals surface area (Å²) in [6.07, 6.45) is -0.108. The summed E-state index contributed by atoms with van der Waals surface area (Å²) < 4.78 is 6.08. The van der Waals surface area contributed by atoms with Crippen molar-refractivity contribution in [3.05, 3.63) is 87.9 Å². The monoisotopic (exact) mass is 536 g/mol. The maximum absolute atomic E-state index is 12.7. The van der Waals surface area contributed by atoms with Crippen molar-refractivity contribution in [3.8, 4) is 11.1 Å². The molecule has 0 radical (unpaired) electrons. The second kappa shape index (κ2) is 10.7. The van der Waals surface area contributed by atoms with Gasteiger partial charge in [-0.2, -0.15) is 0 Å². The molecule has 35 heavy (non-hydrogen) atoms. The highest BCUT2D eigenvalue weighted by atomic mass is 79.9. The molecule has 0 aliphatic heterocycles. The average Bonchev–Trinajstić information content (AvgIpc) is 3.16. The zero-order valence-corrected chi connectivity index (χ0v) is 20.7. The van der Waals surface area contributed by atoms with Gasteiger partial charge in [0.25, 0.3) is 0 Å². The number of benzene rings is 3. The van der Waals surface area contributed by atoms with Gasteiger partial charge in [0.1, 0.15) is 6.61 Å². The highest BCUT2D eigenvalue weighted by Gasteiger charge is 2.29. The number of aromatic carboxylic acids is 1. The fourth-order valence-corrected chi connectivity index (χ4v) is 4.80. The molecule has 0 bridgehead atoms. The lowest BCUT2D eigenvalue weighted by molar-refractivity contribution is -0.119. The lowest BCUT2D eigenvalue weighted by atomic mass is 9.98. The molecule has 1 unspecified atom stereocenters. The number of rotatable bonds is 8. The Hall–Kier alpha value is -3.65. The number of hydrogen-bond donors (Lipinski definition) is 3. The molecule has 4 rings (SSSR count). The average molecular weight is 537 g/mol. The highest BCUT2D eigenvalue weighted by Crippen LogP contribution is 2.44. The van der Waals surface area contributed by atoms with Gasteiger partial charge in [-0.15, -0.1) is 0 Å². The Morgan fingerprint density at radius 2 is 1.63 bits per heavy atom. The van der Waals surface area contributed by atoms with Crippen molar-refractivity contribution in [2.45, 2.75) is 19.3 Å². The Morgan fingerprint density at radius 3 is 2.23 bits per heavy atom. The number of amides is 2. The minimum Gasteiger partial charge on any atom is -0.478 e. The van der Waals surface area contributed by atoms with E-state index in [0.29, 0.717) is 16.6 Å². The number of carboxylic acids is 1. The number of nitrogens with one attached hydrogen (secondary N) is 2. The number of ether oxygens (including phenoxy) is 1. The summed E-state index contributed by atoms with van der Waals surface area (Å²) in [6, 6.07) is 20.7. The maximum atomic E-state index is 12.7. The number of carbonyl (C=O) groups excluding carboxylic acids is 2. The number of fused-ring (bicyclic) bond motifs is 3. The van der Waals surface area contributed by atoms with Crippen molar-refractivity contribution in [1.82, 2.24) is 5.32 Å². The van der Waals surface area contributed by atoms with E-state index in [9.17, 15) is 19.5 Å². The van der Waals surface area contributed by atoms with Crippen LogP contribution in [0.2, 0.25) is 0 Å². The smallest absolute Gasteiger partial charge is 0.407 e. The Morgan fingerprint density at radius 1 is 1.00 bits per heavy atom. The van der Waals surface area contributed by atoms with E-state index < -0.39 is 18.0 Å². The van der Waals surface area contributed by atoms with Gasteiger partial charge in [0.2, 0.25) is 5.91 Å². The summed E-state index contributed by atoms with van der Waals surface area (Å²) in [5.74, 6) is -1.97. The molecule has 2 amide bonds.